The highest BCUT2D eigenvalue weighted by molar-refractivity contribution is 7.89. The molecule has 0 bridgehead atoms. The smallest absolute Gasteiger partial charge is 0.246 e. The minimum atomic E-state index is -4.07. The summed E-state index contributed by atoms with van der Waals surface area (Å²) in [5.74, 6) is -1.39. The van der Waals surface area contributed by atoms with Gasteiger partial charge in [-0.05, 0) is 18.6 Å². The quantitative estimate of drug-likeness (QED) is 0.794. The number of sulfonamides is 1. The Morgan fingerprint density at radius 1 is 1.16 bits per heavy atom. The van der Waals surface area contributed by atoms with Crippen LogP contribution in [0.15, 0.2) is 35.2 Å². The van der Waals surface area contributed by atoms with Crippen LogP contribution in [0.2, 0.25) is 0 Å². The van der Waals surface area contributed by atoms with Gasteiger partial charge in [-0.15, -0.1) is 10.2 Å². The highest BCUT2D eigenvalue weighted by atomic mass is 32.2. The highest BCUT2D eigenvalue weighted by Gasteiger charge is 2.35. The molecule has 0 aliphatic carbocycles. The van der Waals surface area contributed by atoms with E-state index in [9.17, 15) is 17.2 Å². The molecule has 0 saturated carbocycles. The minimum Gasteiger partial charge on any atom is -0.480 e. The summed E-state index contributed by atoms with van der Waals surface area (Å²) in [7, 11) is -2.61. The van der Waals surface area contributed by atoms with Crippen molar-refractivity contribution in [2.75, 3.05) is 20.2 Å². The van der Waals surface area contributed by atoms with E-state index in [0.717, 1.165) is 16.4 Å². The van der Waals surface area contributed by atoms with Crippen LogP contribution in [0.1, 0.15) is 6.42 Å². The van der Waals surface area contributed by atoms with E-state index < -0.39 is 32.7 Å². The molecule has 1 aliphatic rings. The lowest BCUT2D eigenvalue weighted by Gasteiger charge is -2.17. The van der Waals surface area contributed by atoms with Gasteiger partial charge in [-0.1, -0.05) is 0 Å². The molecule has 1 aliphatic heterocycles. The summed E-state index contributed by atoms with van der Waals surface area (Å²) in [6.45, 7) is 0.195. The van der Waals surface area contributed by atoms with Crippen molar-refractivity contribution in [3.05, 3.63) is 42.0 Å². The Labute approximate surface area is 143 Å². The van der Waals surface area contributed by atoms with Crippen molar-refractivity contribution in [3.8, 4) is 11.8 Å². The summed E-state index contributed by atoms with van der Waals surface area (Å²) >= 11 is 0. The van der Waals surface area contributed by atoms with Gasteiger partial charge in [0, 0.05) is 24.7 Å². The van der Waals surface area contributed by atoms with Crippen LogP contribution >= 0.6 is 0 Å². The predicted octanol–water partition coefficient (Wildman–Crippen LogP) is 1.61. The third-order valence-corrected chi connectivity index (χ3v) is 5.63. The van der Waals surface area contributed by atoms with Crippen molar-refractivity contribution in [1.82, 2.24) is 14.5 Å². The molecule has 3 rings (SSSR count). The summed E-state index contributed by atoms with van der Waals surface area (Å²) in [5, 5.41) is 7.58. The molecule has 1 fully saturated rings. The van der Waals surface area contributed by atoms with Gasteiger partial charge in [0.2, 0.25) is 21.8 Å². The molecule has 0 amide bonds. The van der Waals surface area contributed by atoms with Gasteiger partial charge in [0.15, 0.2) is 0 Å². The summed E-state index contributed by atoms with van der Waals surface area (Å²) in [5.41, 5.74) is 0. The van der Waals surface area contributed by atoms with Gasteiger partial charge in [0.05, 0.1) is 13.7 Å². The van der Waals surface area contributed by atoms with Gasteiger partial charge >= 0.3 is 0 Å². The number of benzene rings is 1. The Hall–Kier alpha value is -2.33. The third kappa shape index (κ3) is 3.69. The fraction of sp³-hybridized carbons (Fsp3) is 0.333. The molecule has 2 aromatic rings. The Morgan fingerprint density at radius 2 is 1.88 bits per heavy atom. The summed E-state index contributed by atoms with van der Waals surface area (Å²) in [4.78, 5) is -0.557. The molecule has 1 aromatic heterocycles. The highest BCUT2D eigenvalue weighted by Crippen LogP contribution is 2.25. The Kier molecular flexibility index (Phi) is 4.82. The lowest BCUT2D eigenvalue weighted by Crippen LogP contribution is -2.31. The van der Waals surface area contributed by atoms with Crippen LogP contribution in [0.4, 0.5) is 8.78 Å². The fourth-order valence-corrected chi connectivity index (χ4v) is 4.02. The first-order chi connectivity index (χ1) is 11.9. The maximum atomic E-state index is 13.8. The average Bonchev–Trinajstić information content (AvgIpc) is 3.04. The van der Waals surface area contributed by atoms with Gasteiger partial charge in [0.1, 0.15) is 22.6 Å². The standard InChI is InChI=1S/C15H15F2N3O4S/c1-23-14-4-5-15(19-18-14)24-11-6-7-20(9-11)25(21,22)13-3-2-10(16)8-12(13)17/h2-5,8,11H,6-7,9H2,1H3. The van der Waals surface area contributed by atoms with Gasteiger partial charge in [-0.3, -0.25) is 0 Å². The van der Waals surface area contributed by atoms with Crippen molar-refractivity contribution in [2.24, 2.45) is 0 Å². The van der Waals surface area contributed by atoms with Crippen molar-refractivity contribution in [2.45, 2.75) is 17.4 Å². The van der Waals surface area contributed by atoms with E-state index in [4.69, 9.17) is 9.47 Å². The summed E-state index contributed by atoms with van der Waals surface area (Å²) in [6.07, 6.45) is -0.0311. The van der Waals surface area contributed by atoms with E-state index in [-0.39, 0.29) is 19.0 Å². The SMILES string of the molecule is COc1ccc(OC2CCN(S(=O)(=O)c3ccc(F)cc3F)C2)nn1. The predicted molar refractivity (Wildman–Crippen MR) is 82.7 cm³/mol. The van der Waals surface area contributed by atoms with Crippen LogP contribution in [0.5, 0.6) is 11.8 Å². The number of nitrogens with zero attached hydrogens (tertiary/aromatic N) is 3. The molecule has 134 valence electrons. The Bertz CT molecular complexity index is 862. The normalized spacial score (nSPS) is 18.3. The number of rotatable bonds is 5. The van der Waals surface area contributed by atoms with Crippen molar-refractivity contribution >= 4 is 10.0 Å². The fourth-order valence-electron chi connectivity index (χ4n) is 2.49. The van der Waals surface area contributed by atoms with Gasteiger partial charge in [0.25, 0.3) is 0 Å². The zero-order valence-electron chi connectivity index (χ0n) is 13.2. The number of hydrogen-bond donors (Lipinski definition) is 0. The lowest BCUT2D eigenvalue weighted by molar-refractivity contribution is 0.203. The second-order valence-electron chi connectivity index (χ2n) is 5.38. The van der Waals surface area contributed by atoms with E-state index in [1.807, 2.05) is 0 Å². The molecule has 1 saturated heterocycles. The van der Waals surface area contributed by atoms with Crippen molar-refractivity contribution in [1.29, 1.82) is 0 Å². The van der Waals surface area contributed by atoms with Gasteiger partial charge in [-0.2, -0.15) is 4.31 Å². The van der Waals surface area contributed by atoms with Crippen LogP contribution in [-0.2, 0) is 10.0 Å². The average molecular weight is 371 g/mol. The second-order valence-corrected chi connectivity index (χ2v) is 7.29. The van der Waals surface area contributed by atoms with Crippen molar-refractivity contribution in [3.63, 3.8) is 0 Å². The molecule has 1 unspecified atom stereocenters. The van der Waals surface area contributed by atoms with E-state index in [1.54, 1.807) is 12.1 Å². The molecule has 1 aromatic carbocycles. The third-order valence-electron chi connectivity index (χ3n) is 3.73. The maximum Gasteiger partial charge on any atom is 0.246 e. The Morgan fingerprint density at radius 3 is 2.52 bits per heavy atom. The largest absolute Gasteiger partial charge is 0.480 e. The Balaban J connectivity index is 1.70. The molecule has 25 heavy (non-hydrogen) atoms. The zero-order chi connectivity index (χ0) is 18.0. The van der Waals surface area contributed by atoms with Crippen LogP contribution < -0.4 is 9.47 Å². The monoisotopic (exact) mass is 371 g/mol. The molecule has 0 radical (unpaired) electrons. The molecular weight excluding hydrogens is 356 g/mol. The van der Waals surface area contributed by atoms with Crippen molar-refractivity contribution < 1.29 is 26.7 Å². The molecular formula is C15H15F2N3O4S. The van der Waals surface area contributed by atoms with Gasteiger partial charge in [-0.25, -0.2) is 17.2 Å². The topological polar surface area (TPSA) is 81.6 Å². The van der Waals surface area contributed by atoms with Crippen LogP contribution in [0, 0.1) is 11.6 Å². The van der Waals surface area contributed by atoms with E-state index >= 15 is 0 Å². The van der Waals surface area contributed by atoms with E-state index in [2.05, 4.69) is 10.2 Å². The number of aromatic nitrogens is 2. The van der Waals surface area contributed by atoms with Gasteiger partial charge < -0.3 is 9.47 Å². The van der Waals surface area contributed by atoms with Crippen LogP contribution in [0.25, 0.3) is 0 Å². The summed E-state index contributed by atoms with van der Waals surface area (Å²) in [6, 6.07) is 5.50. The number of hydrogen-bond acceptors (Lipinski definition) is 6. The second kappa shape index (κ2) is 6.89. The molecule has 10 heteroatoms. The first kappa shape index (κ1) is 17.5. The van der Waals surface area contributed by atoms with Crippen LogP contribution in [0.3, 0.4) is 0 Å². The first-order valence-electron chi connectivity index (χ1n) is 7.40. The number of methoxy groups -OCH3 is 1. The summed E-state index contributed by atoms with van der Waals surface area (Å²) < 4.78 is 63.4. The lowest BCUT2D eigenvalue weighted by atomic mass is 10.3. The zero-order valence-corrected chi connectivity index (χ0v) is 14.0. The van der Waals surface area contributed by atoms with E-state index in [0.29, 0.717) is 18.4 Å². The molecule has 0 N–H and O–H groups in total. The van der Waals surface area contributed by atoms with E-state index in [1.165, 1.54) is 7.11 Å². The number of halogens is 2. The molecule has 2 heterocycles. The van der Waals surface area contributed by atoms with Crippen LogP contribution in [-0.4, -0.2) is 49.2 Å². The minimum absolute atomic E-state index is 0.0346. The molecule has 0 spiro atoms. The number of ether oxygens (including phenoxy) is 2. The first-order valence-corrected chi connectivity index (χ1v) is 8.84. The molecule has 1 atom stereocenters. The maximum absolute atomic E-state index is 13.8. The molecule has 7 nitrogen and oxygen atoms in total.